The number of hydrogen-bond donors (Lipinski definition) is 1. The smallest absolute Gasteiger partial charge is 0.118 e. The van der Waals surface area contributed by atoms with E-state index in [1.165, 1.54) is 5.56 Å². The van der Waals surface area contributed by atoms with Crippen LogP contribution in [-0.4, -0.2) is 44.7 Å². The van der Waals surface area contributed by atoms with E-state index in [2.05, 4.69) is 43.2 Å². The average molecular weight is 250 g/mol. The van der Waals surface area contributed by atoms with Gasteiger partial charge in [0.25, 0.3) is 0 Å². The molecule has 0 aliphatic carbocycles. The second-order valence-electron chi connectivity index (χ2n) is 5.36. The van der Waals surface area contributed by atoms with Crippen LogP contribution in [0.4, 0.5) is 0 Å². The van der Waals surface area contributed by atoms with Crippen LogP contribution in [-0.2, 0) is 6.42 Å². The quantitative estimate of drug-likeness (QED) is 0.802. The first kappa shape index (κ1) is 15.0. The monoisotopic (exact) mass is 250 g/mol. The fourth-order valence-corrected chi connectivity index (χ4v) is 1.96. The maximum atomic E-state index is 5.16. The fraction of sp³-hybridized carbons (Fsp3) is 0.600. The molecule has 1 aromatic carbocycles. The Kier molecular flexibility index (Phi) is 5.63. The van der Waals surface area contributed by atoms with Crippen LogP contribution < -0.4 is 10.1 Å². The zero-order valence-electron chi connectivity index (χ0n) is 12.3. The van der Waals surface area contributed by atoms with Crippen molar-refractivity contribution in [2.75, 3.05) is 34.3 Å². The molecule has 0 saturated heterocycles. The van der Waals surface area contributed by atoms with Crippen LogP contribution in [0.5, 0.6) is 5.75 Å². The van der Waals surface area contributed by atoms with Crippen molar-refractivity contribution in [3.05, 3.63) is 29.8 Å². The Balaban J connectivity index is 2.48. The standard InChI is InChI=1S/C15H26N2O/c1-15(2,12-16-3)17(4)11-10-13-6-8-14(18-5)9-7-13/h6-9,16H,10-12H2,1-5H3. The van der Waals surface area contributed by atoms with Gasteiger partial charge in [-0.1, -0.05) is 12.1 Å². The summed E-state index contributed by atoms with van der Waals surface area (Å²) >= 11 is 0. The number of benzene rings is 1. The van der Waals surface area contributed by atoms with Gasteiger partial charge in [-0.15, -0.1) is 0 Å². The number of ether oxygens (including phenoxy) is 1. The molecule has 0 aliphatic rings. The summed E-state index contributed by atoms with van der Waals surface area (Å²) in [6.07, 6.45) is 1.06. The van der Waals surface area contributed by atoms with Crippen molar-refractivity contribution < 1.29 is 4.74 Å². The molecule has 0 amide bonds. The SMILES string of the molecule is CNCC(C)(C)N(C)CCc1ccc(OC)cc1. The van der Waals surface area contributed by atoms with Crippen LogP contribution in [0.15, 0.2) is 24.3 Å². The predicted molar refractivity (Wildman–Crippen MR) is 77.3 cm³/mol. The van der Waals surface area contributed by atoms with Gasteiger partial charge in [-0.2, -0.15) is 0 Å². The van der Waals surface area contributed by atoms with Gasteiger partial charge in [0.2, 0.25) is 0 Å². The van der Waals surface area contributed by atoms with E-state index in [1.54, 1.807) is 7.11 Å². The van der Waals surface area contributed by atoms with Crippen molar-refractivity contribution in [3.8, 4) is 5.75 Å². The Bertz CT molecular complexity index is 346. The molecule has 0 saturated carbocycles. The van der Waals surface area contributed by atoms with Gasteiger partial charge in [0.15, 0.2) is 0 Å². The van der Waals surface area contributed by atoms with Crippen molar-refractivity contribution in [2.45, 2.75) is 25.8 Å². The lowest BCUT2D eigenvalue weighted by atomic mass is 10.0. The lowest BCUT2D eigenvalue weighted by Gasteiger charge is -2.35. The maximum absolute atomic E-state index is 5.16. The number of nitrogens with one attached hydrogen (secondary N) is 1. The second-order valence-corrected chi connectivity index (χ2v) is 5.36. The summed E-state index contributed by atoms with van der Waals surface area (Å²) in [6.45, 7) is 6.57. The van der Waals surface area contributed by atoms with Crippen molar-refractivity contribution in [2.24, 2.45) is 0 Å². The molecule has 1 rings (SSSR count). The molecular weight excluding hydrogens is 224 g/mol. The van der Waals surface area contributed by atoms with Gasteiger partial charge < -0.3 is 10.1 Å². The first-order valence-electron chi connectivity index (χ1n) is 6.48. The average Bonchev–Trinajstić information content (AvgIpc) is 2.36. The van der Waals surface area contributed by atoms with E-state index in [0.717, 1.165) is 25.3 Å². The van der Waals surface area contributed by atoms with E-state index in [1.807, 2.05) is 19.2 Å². The zero-order valence-corrected chi connectivity index (χ0v) is 12.3. The molecule has 0 fully saturated rings. The molecule has 102 valence electrons. The van der Waals surface area contributed by atoms with Crippen LogP contribution in [0.3, 0.4) is 0 Å². The highest BCUT2D eigenvalue weighted by atomic mass is 16.5. The van der Waals surface area contributed by atoms with E-state index in [0.29, 0.717) is 0 Å². The van der Waals surface area contributed by atoms with E-state index in [4.69, 9.17) is 4.74 Å². The van der Waals surface area contributed by atoms with Gasteiger partial charge in [-0.25, -0.2) is 0 Å². The molecule has 0 atom stereocenters. The molecule has 0 radical (unpaired) electrons. The highest BCUT2D eigenvalue weighted by molar-refractivity contribution is 5.27. The molecule has 0 spiro atoms. The van der Waals surface area contributed by atoms with E-state index in [-0.39, 0.29) is 5.54 Å². The summed E-state index contributed by atoms with van der Waals surface area (Å²) in [5.41, 5.74) is 1.53. The van der Waals surface area contributed by atoms with Gasteiger partial charge in [0, 0.05) is 18.6 Å². The van der Waals surface area contributed by atoms with Crippen molar-refractivity contribution in [3.63, 3.8) is 0 Å². The van der Waals surface area contributed by atoms with Crippen LogP contribution in [0.25, 0.3) is 0 Å². The summed E-state index contributed by atoms with van der Waals surface area (Å²) in [7, 11) is 5.88. The number of methoxy groups -OCH3 is 1. The minimum atomic E-state index is 0.182. The number of rotatable bonds is 7. The predicted octanol–water partition coefficient (Wildman–Crippen LogP) is 2.17. The van der Waals surface area contributed by atoms with Crippen LogP contribution in [0, 0.1) is 0 Å². The third kappa shape index (κ3) is 4.31. The van der Waals surface area contributed by atoms with E-state index in [9.17, 15) is 0 Å². The zero-order chi connectivity index (χ0) is 13.6. The molecule has 0 heterocycles. The first-order valence-corrected chi connectivity index (χ1v) is 6.48. The molecule has 3 nitrogen and oxygen atoms in total. The molecule has 1 N–H and O–H groups in total. The molecule has 18 heavy (non-hydrogen) atoms. The summed E-state index contributed by atoms with van der Waals surface area (Å²) < 4.78 is 5.16. The number of hydrogen-bond acceptors (Lipinski definition) is 3. The highest BCUT2D eigenvalue weighted by Crippen LogP contribution is 2.14. The summed E-state index contributed by atoms with van der Waals surface area (Å²) in [5, 5.41) is 3.24. The van der Waals surface area contributed by atoms with Gasteiger partial charge in [0.05, 0.1) is 7.11 Å². The summed E-state index contributed by atoms with van der Waals surface area (Å²) in [5.74, 6) is 0.919. The van der Waals surface area contributed by atoms with E-state index >= 15 is 0 Å². The molecule has 0 aliphatic heterocycles. The van der Waals surface area contributed by atoms with Gasteiger partial charge in [-0.3, -0.25) is 4.90 Å². The largest absolute Gasteiger partial charge is 0.497 e. The molecular formula is C15H26N2O. The molecule has 1 aromatic rings. The van der Waals surface area contributed by atoms with Crippen LogP contribution in [0.1, 0.15) is 19.4 Å². The molecule has 3 heteroatoms. The minimum absolute atomic E-state index is 0.182. The third-order valence-electron chi connectivity index (χ3n) is 3.54. The normalized spacial score (nSPS) is 11.9. The molecule has 0 unspecified atom stereocenters. The Labute approximate surface area is 111 Å². The van der Waals surface area contributed by atoms with Gasteiger partial charge in [-0.05, 0) is 52.1 Å². The minimum Gasteiger partial charge on any atom is -0.497 e. The lowest BCUT2D eigenvalue weighted by molar-refractivity contribution is 0.157. The number of likely N-dealkylation sites (N-methyl/N-ethyl adjacent to an activating group) is 2. The van der Waals surface area contributed by atoms with Crippen LogP contribution in [0.2, 0.25) is 0 Å². The van der Waals surface area contributed by atoms with Crippen molar-refractivity contribution in [1.82, 2.24) is 10.2 Å². The third-order valence-corrected chi connectivity index (χ3v) is 3.54. The van der Waals surface area contributed by atoms with Crippen LogP contribution >= 0.6 is 0 Å². The van der Waals surface area contributed by atoms with Gasteiger partial charge in [0.1, 0.15) is 5.75 Å². The topological polar surface area (TPSA) is 24.5 Å². The fourth-order valence-electron chi connectivity index (χ4n) is 1.96. The Morgan fingerprint density at radius 1 is 1.22 bits per heavy atom. The maximum Gasteiger partial charge on any atom is 0.118 e. The summed E-state index contributed by atoms with van der Waals surface area (Å²) in [4.78, 5) is 2.40. The molecule has 0 bridgehead atoms. The van der Waals surface area contributed by atoms with Gasteiger partial charge >= 0.3 is 0 Å². The van der Waals surface area contributed by atoms with Crippen molar-refractivity contribution >= 4 is 0 Å². The van der Waals surface area contributed by atoms with E-state index < -0.39 is 0 Å². The Hall–Kier alpha value is -1.06. The van der Waals surface area contributed by atoms with Crippen molar-refractivity contribution in [1.29, 1.82) is 0 Å². The molecule has 0 aromatic heterocycles. The lowest BCUT2D eigenvalue weighted by Crippen LogP contribution is -2.48. The second kappa shape index (κ2) is 6.76. The number of nitrogens with zero attached hydrogens (tertiary/aromatic N) is 1. The summed E-state index contributed by atoms with van der Waals surface area (Å²) in [6, 6.07) is 8.32. The Morgan fingerprint density at radius 3 is 2.33 bits per heavy atom. The first-order chi connectivity index (χ1) is 8.49. The Morgan fingerprint density at radius 2 is 1.83 bits per heavy atom. The highest BCUT2D eigenvalue weighted by Gasteiger charge is 2.21.